The smallest absolute Gasteiger partial charge is 0.152 e. The summed E-state index contributed by atoms with van der Waals surface area (Å²) in [6.07, 6.45) is 2.59. The second kappa shape index (κ2) is 8.40. The normalized spacial score (nSPS) is 13.3. The van der Waals surface area contributed by atoms with Crippen molar-refractivity contribution >= 4 is 11.5 Å². The van der Waals surface area contributed by atoms with Crippen LogP contribution in [0, 0.1) is 6.92 Å². The zero-order valence-electron chi connectivity index (χ0n) is 17.9. The maximum atomic E-state index is 10.2. The van der Waals surface area contributed by atoms with Gasteiger partial charge in [0.2, 0.25) is 0 Å². The molecule has 5 N–H and O–H groups in total. The molecule has 4 aromatic rings. The number of phenols is 2. The van der Waals surface area contributed by atoms with Gasteiger partial charge in [-0.15, -0.1) is 0 Å². The van der Waals surface area contributed by atoms with Gasteiger partial charge < -0.3 is 20.8 Å². The molecule has 0 saturated heterocycles. The van der Waals surface area contributed by atoms with Crippen molar-refractivity contribution in [2.45, 2.75) is 32.4 Å². The third kappa shape index (κ3) is 4.45. The molecule has 6 heteroatoms. The second-order valence-electron chi connectivity index (χ2n) is 8.38. The van der Waals surface area contributed by atoms with Gasteiger partial charge in [0.1, 0.15) is 11.5 Å². The summed E-state index contributed by atoms with van der Waals surface area (Å²) in [5, 5.41) is 34.2. The van der Waals surface area contributed by atoms with Gasteiger partial charge in [-0.1, -0.05) is 36.4 Å². The Kier molecular flexibility index (Phi) is 5.29. The van der Waals surface area contributed by atoms with Crippen LogP contribution in [-0.2, 0) is 6.54 Å². The lowest BCUT2D eigenvalue weighted by Crippen LogP contribution is -2.15. The van der Waals surface area contributed by atoms with Gasteiger partial charge in [-0.3, -0.25) is 5.10 Å². The Bertz CT molecular complexity index is 1200. The number of phenolic OH excluding ortho intramolecular Hbond substituents is 2. The number of H-pyrrole nitrogens is 1. The van der Waals surface area contributed by atoms with Crippen molar-refractivity contribution in [2.24, 2.45) is 0 Å². The number of aryl methyl sites for hydroxylation is 1. The summed E-state index contributed by atoms with van der Waals surface area (Å²) in [5.74, 6) is 0.875. The molecule has 0 atom stereocenters. The molecule has 32 heavy (non-hydrogen) atoms. The number of aromatic amines is 1. The van der Waals surface area contributed by atoms with Crippen LogP contribution in [0.2, 0.25) is 0 Å². The van der Waals surface area contributed by atoms with Crippen LogP contribution in [0.3, 0.4) is 0 Å². The van der Waals surface area contributed by atoms with E-state index in [1.165, 1.54) is 24.5 Å². The molecule has 1 aromatic heterocycles. The van der Waals surface area contributed by atoms with E-state index in [-0.39, 0.29) is 11.5 Å². The number of nitrogens with one attached hydrogen (secondary N) is 3. The highest BCUT2D eigenvalue weighted by Gasteiger charge is 2.19. The summed E-state index contributed by atoms with van der Waals surface area (Å²) in [7, 11) is 0. The van der Waals surface area contributed by atoms with Gasteiger partial charge in [0, 0.05) is 36.0 Å². The Morgan fingerprint density at radius 1 is 0.938 bits per heavy atom. The van der Waals surface area contributed by atoms with E-state index in [2.05, 4.69) is 45.1 Å². The van der Waals surface area contributed by atoms with Crippen molar-refractivity contribution in [3.05, 3.63) is 77.9 Å². The number of aromatic hydroxyl groups is 2. The summed E-state index contributed by atoms with van der Waals surface area (Å²) >= 11 is 0. The molecule has 0 spiro atoms. The summed E-state index contributed by atoms with van der Waals surface area (Å²) < 4.78 is 0. The highest BCUT2D eigenvalue weighted by molar-refractivity contribution is 5.77. The zero-order valence-corrected chi connectivity index (χ0v) is 17.9. The van der Waals surface area contributed by atoms with Crippen molar-refractivity contribution in [3.8, 4) is 33.9 Å². The average molecular weight is 427 g/mol. The fraction of sp³-hybridized carbons (Fsp3) is 0.192. The van der Waals surface area contributed by atoms with Gasteiger partial charge in [-0.25, -0.2) is 0 Å². The topological polar surface area (TPSA) is 93.2 Å². The van der Waals surface area contributed by atoms with Gasteiger partial charge in [-0.05, 0) is 60.2 Å². The van der Waals surface area contributed by atoms with Crippen molar-refractivity contribution in [1.82, 2.24) is 15.5 Å². The van der Waals surface area contributed by atoms with Crippen LogP contribution in [0.4, 0.5) is 11.5 Å². The van der Waals surface area contributed by atoms with Crippen molar-refractivity contribution in [1.29, 1.82) is 0 Å². The fourth-order valence-corrected chi connectivity index (χ4v) is 3.88. The van der Waals surface area contributed by atoms with E-state index in [4.69, 9.17) is 0 Å². The zero-order chi connectivity index (χ0) is 22.1. The van der Waals surface area contributed by atoms with Crippen LogP contribution in [0.25, 0.3) is 22.4 Å². The summed E-state index contributed by atoms with van der Waals surface area (Å²) in [4.78, 5) is 0. The molecule has 5 rings (SSSR count). The maximum absolute atomic E-state index is 10.2. The molecule has 1 heterocycles. The molecule has 1 aliphatic carbocycles. The van der Waals surface area contributed by atoms with E-state index in [1.54, 1.807) is 6.07 Å². The number of nitrogens with zero attached hydrogens (tertiary/aromatic N) is 1. The first-order chi connectivity index (χ1) is 15.5. The number of hydrogen-bond acceptors (Lipinski definition) is 5. The van der Waals surface area contributed by atoms with E-state index >= 15 is 0 Å². The van der Waals surface area contributed by atoms with Crippen LogP contribution >= 0.6 is 0 Å². The van der Waals surface area contributed by atoms with Crippen molar-refractivity contribution in [3.63, 3.8) is 0 Å². The number of aromatic nitrogens is 2. The largest absolute Gasteiger partial charge is 0.508 e. The third-order valence-electron chi connectivity index (χ3n) is 5.76. The van der Waals surface area contributed by atoms with Gasteiger partial charge in [0.15, 0.2) is 5.82 Å². The minimum absolute atomic E-state index is 0.0578. The molecule has 0 radical (unpaired) electrons. The first kappa shape index (κ1) is 20.2. The van der Waals surface area contributed by atoms with Gasteiger partial charge in [-0.2, -0.15) is 5.10 Å². The summed E-state index contributed by atoms with van der Waals surface area (Å²) in [6, 6.07) is 22.0. The van der Waals surface area contributed by atoms with Gasteiger partial charge in [0.25, 0.3) is 0 Å². The van der Waals surface area contributed by atoms with E-state index in [0.29, 0.717) is 6.04 Å². The van der Waals surface area contributed by atoms with E-state index in [9.17, 15) is 10.2 Å². The van der Waals surface area contributed by atoms with Gasteiger partial charge >= 0.3 is 0 Å². The molecule has 0 amide bonds. The monoisotopic (exact) mass is 426 g/mol. The minimum atomic E-state index is 0.0578. The molecule has 1 aliphatic rings. The quantitative estimate of drug-likeness (QED) is 0.271. The average Bonchev–Trinajstić information content (AvgIpc) is 3.50. The predicted octanol–water partition coefficient (Wildman–Crippen LogP) is 5.46. The van der Waals surface area contributed by atoms with Gasteiger partial charge in [0.05, 0.1) is 5.69 Å². The minimum Gasteiger partial charge on any atom is -0.508 e. The third-order valence-corrected chi connectivity index (χ3v) is 5.76. The SMILES string of the molecule is Cc1cc(O)cc(O)c1-c1ccc(-c2cc(Nc3ccc(CNC4CC4)cc3)n[nH]2)cc1. The van der Waals surface area contributed by atoms with Crippen LogP contribution in [0.1, 0.15) is 24.0 Å². The van der Waals surface area contributed by atoms with Crippen LogP contribution < -0.4 is 10.6 Å². The molecule has 6 nitrogen and oxygen atoms in total. The lowest BCUT2D eigenvalue weighted by molar-refractivity contribution is 0.451. The standard InChI is InChI=1S/C26H26N4O2/c1-16-12-22(31)13-24(32)26(16)19-6-4-18(5-7-19)23-14-25(30-29-23)28-21-8-2-17(3-9-21)15-27-20-10-11-20/h2-9,12-14,20,27,31-32H,10-11,15H2,1H3,(H2,28,29,30). The Balaban J connectivity index is 1.27. The molecular formula is C26H26N4O2. The molecule has 1 saturated carbocycles. The molecular weight excluding hydrogens is 400 g/mol. The molecule has 0 aliphatic heterocycles. The highest BCUT2D eigenvalue weighted by atomic mass is 16.3. The molecule has 1 fully saturated rings. The Morgan fingerprint density at radius 2 is 1.66 bits per heavy atom. The number of benzene rings is 3. The van der Waals surface area contributed by atoms with E-state index < -0.39 is 0 Å². The first-order valence-corrected chi connectivity index (χ1v) is 10.8. The summed E-state index contributed by atoms with van der Waals surface area (Å²) in [6.45, 7) is 2.78. The number of rotatable bonds is 7. The highest BCUT2D eigenvalue weighted by Crippen LogP contribution is 2.36. The number of hydrogen-bond donors (Lipinski definition) is 5. The maximum Gasteiger partial charge on any atom is 0.152 e. The van der Waals surface area contributed by atoms with Crippen LogP contribution in [-0.4, -0.2) is 26.5 Å². The Labute approximate surface area is 187 Å². The van der Waals surface area contributed by atoms with Crippen LogP contribution in [0.15, 0.2) is 66.7 Å². The predicted molar refractivity (Wildman–Crippen MR) is 127 cm³/mol. The van der Waals surface area contributed by atoms with E-state index in [0.717, 1.165) is 46.0 Å². The molecule has 0 bridgehead atoms. The lowest BCUT2D eigenvalue weighted by Gasteiger charge is -2.10. The molecule has 3 aromatic carbocycles. The van der Waals surface area contributed by atoms with Crippen LogP contribution in [0.5, 0.6) is 11.5 Å². The first-order valence-electron chi connectivity index (χ1n) is 10.8. The van der Waals surface area contributed by atoms with E-state index in [1.807, 2.05) is 37.3 Å². The number of anilines is 2. The molecule has 162 valence electrons. The second-order valence-corrected chi connectivity index (χ2v) is 8.38. The van der Waals surface area contributed by atoms with Crippen molar-refractivity contribution in [2.75, 3.05) is 5.32 Å². The lowest BCUT2D eigenvalue weighted by atomic mass is 9.97. The Hall–Kier alpha value is -3.77. The fourth-order valence-electron chi connectivity index (χ4n) is 3.88. The molecule has 0 unspecified atom stereocenters. The summed E-state index contributed by atoms with van der Waals surface area (Å²) in [5.41, 5.74) is 6.59. The Morgan fingerprint density at radius 3 is 2.34 bits per heavy atom. The van der Waals surface area contributed by atoms with Crippen molar-refractivity contribution < 1.29 is 10.2 Å².